The fraction of sp³-hybridized carbons (Fsp3) is 0.130. The molecular formula is C23H21N5O6S. The van der Waals surface area contributed by atoms with Gasteiger partial charge in [-0.2, -0.15) is 4.98 Å². The number of ether oxygens (including phenoxy) is 3. The van der Waals surface area contributed by atoms with Crippen LogP contribution < -0.4 is 18.9 Å². The zero-order valence-electron chi connectivity index (χ0n) is 18.5. The minimum atomic E-state index is -4.01. The lowest BCUT2D eigenvalue weighted by atomic mass is 10.3. The Morgan fingerprint density at radius 2 is 1.60 bits per heavy atom. The van der Waals surface area contributed by atoms with Crippen molar-refractivity contribution in [2.24, 2.45) is 0 Å². The highest BCUT2D eigenvalue weighted by atomic mass is 32.2. The molecule has 11 nitrogen and oxygen atoms in total. The van der Waals surface area contributed by atoms with E-state index in [1.807, 2.05) is 0 Å². The third-order valence-electron chi connectivity index (χ3n) is 4.50. The first-order valence-electron chi connectivity index (χ1n) is 10.3. The van der Waals surface area contributed by atoms with Gasteiger partial charge in [0.2, 0.25) is 11.7 Å². The molecule has 2 aromatic carbocycles. The maximum absolute atomic E-state index is 13.0. The fourth-order valence-electron chi connectivity index (χ4n) is 2.91. The Balaban J connectivity index is 1.75. The number of nitrogens with zero attached hydrogens (tertiary/aromatic N) is 4. The summed E-state index contributed by atoms with van der Waals surface area (Å²) in [6.45, 7) is -0.138. The number of anilines is 1. The van der Waals surface area contributed by atoms with Crippen LogP contribution in [-0.2, 0) is 10.0 Å². The van der Waals surface area contributed by atoms with E-state index < -0.39 is 10.0 Å². The van der Waals surface area contributed by atoms with Crippen molar-refractivity contribution in [1.82, 2.24) is 19.9 Å². The molecule has 0 atom stereocenters. The number of hydrogen-bond donors (Lipinski definition) is 2. The first-order valence-corrected chi connectivity index (χ1v) is 11.8. The van der Waals surface area contributed by atoms with Gasteiger partial charge in [-0.3, -0.25) is 4.72 Å². The number of rotatable bonds is 10. The third-order valence-corrected chi connectivity index (χ3v) is 5.85. The van der Waals surface area contributed by atoms with Crippen molar-refractivity contribution in [1.29, 1.82) is 0 Å². The summed E-state index contributed by atoms with van der Waals surface area (Å²) in [4.78, 5) is 17.0. The van der Waals surface area contributed by atoms with Crippen LogP contribution in [0.2, 0.25) is 0 Å². The predicted octanol–water partition coefficient (Wildman–Crippen LogP) is 2.91. The Morgan fingerprint density at radius 3 is 2.34 bits per heavy atom. The van der Waals surface area contributed by atoms with Gasteiger partial charge in [-0.05, 0) is 24.3 Å². The number of aromatic nitrogens is 4. The molecule has 35 heavy (non-hydrogen) atoms. The number of aliphatic hydroxyl groups excluding tert-OH is 1. The molecule has 0 spiro atoms. The minimum Gasteiger partial charge on any atom is -0.493 e. The summed E-state index contributed by atoms with van der Waals surface area (Å²) < 4.78 is 45.0. The van der Waals surface area contributed by atoms with Crippen molar-refractivity contribution in [3.05, 3.63) is 73.1 Å². The molecular weight excluding hydrogens is 474 g/mol. The van der Waals surface area contributed by atoms with Gasteiger partial charge in [-0.25, -0.2) is 23.4 Å². The van der Waals surface area contributed by atoms with Crippen LogP contribution in [0.5, 0.6) is 23.1 Å². The van der Waals surface area contributed by atoms with Crippen LogP contribution in [0.25, 0.3) is 11.6 Å². The number of hydrogen-bond acceptors (Lipinski definition) is 10. The van der Waals surface area contributed by atoms with Crippen molar-refractivity contribution >= 4 is 15.8 Å². The topological polar surface area (TPSA) is 146 Å². The Kier molecular flexibility index (Phi) is 7.33. The van der Waals surface area contributed by atoms with E-state index in [9.17, 15) is 8.42 Å². The molecule has 0 amide bonds. The Morgan fingerprint density at radius 1 is 0.886 bits per heavy atom. The molecule has 0 saturated carbocycles. The largest absolute Gasteiger partial charge is 0.493 e. The van der Waals surface area contributed by atoms with Crippen LogP contribution in [0.1, 0.15) is 0 Å². The number of sulfonamides is 1. The van der Waals surface area contributed by atoms with E-state index in [1.54, 1.807) is 42.5 Å². The van der Waals surface area contributed by atoms with E-state index in [-0.39, 0.29) is 47.2 Å². The molecule has 2 aromatic heterocycles. The Labute approximate surface area is 201 Å². The SMILES string of the molecule is COc1ccccc1Oc1cnc(-c2nccc(OCCO)n2)nc1NS(=O)(=O)c1ccccc1. The van der Waals surface area contributed by atoms with E-state index >= 15 is 0 Å². The molecule has 12 heteroatoms. The summed E-state index contributed by atoms with van der Waals surface area (Å²) >= 11 is 0. The fourth-order valence-corrected chi connectivity index (χ4v) is 3.95. The van der Waals surface area contributed by atoms with Crippen LogP contribution in [0.3, 0.4) is 0 Å². The van der Waals surface area contributed by atoms with Crippen molar-refractivity contribution in [3.63, 3.8) is 0 Å². The van der Waals surface area contributed by atoms with Crippen molar-refractivity contribution < 1.29 is 27.7 Å². The number of para-hydroxylation sites is 2. The molecule has 2 heterocycles. The number of nitrogens with one attached hydrogen (secondary N) is 1. The van der Waals surface area contributed by atoms with Gasteiger partial charge in [-0.1, -0.05) is 30.3 Å². The van der Waals surface area contributed by atoms with E-state index in [1.165, 1.54) is 37.7 Å². The normalized spacial score (nSPS) is 11.0. The van der Waals surface area contributed by atoms with Crippen LogP contribution in [0.15, 0.2) is 78.0 Å². The van der Waals surface area contributed by atoms with Gasteiger partial charge in [0.15, 0.2) is 28.9 Å². The molecule has 0 saturated heterocycles. The molecule has 0 aliphatic carbocycles. The standard InChI is InChI=1S/C23H21N5O6S/c1-32-17-9-5-6-10-18(17)34-19-15-25-23(22-24-12-11-20(26-22)33-14-13-29)27-21(19)28-35(30,31)16-7-3-2-4-8-16/h2-12,15,29H,13-14H2,1H3,(H,25,27,28). The van der Waals surface area contributed by atoms with E-state index in [0.717, 1.165) is 0 Å². The summed E-state index contributed by atoms with van der Waals surface area (Å²) in [5.74, 6) is 0.989. The van der Waals surface area contributed by atoms with Gasteiger partial charge in [0.25, 0.3) is 10.0 Å². The van der Waals surface area contributed by atoms with E-state index in [2.05, 4.69) is 24.7 Å². The second kappa shape index (κ2) is 10.8. The predicted molar refractivity (Wildman–Crippen MR) is 126 cm³/mol. The van der Waals surface area contributed by atoms with Crippen LogP contribution in [-0.4, -0.2) is 53.8 Å². The number of aliphatic hydroxyl groups is 1. The van der Waals surface area contributed by atoms with Crippen LogP contribution in [0.4, 0.5) is 5.82 Å². The van der Waals surface area contributed by atoms with Crippen molar-refractivity contribution in [2.45, 2.75) is 4.90 Å². The first-order chi connectivity index (χ1) is 17.0. The number of methoxy groups -OCH3 is 1. The molecule has 0 fully saturated rings. The second-order valence-corrected chi connectivity index (χ2v) is 8.55. The first kappa shape index (κ1) is 23.9. The van der Waals surface area contributed by atoms with Gasteiger partial charge in [0, 0.05) is 12.3 Å². The van der Waals surface area contributed by atoms with Gasteiger partial charge in [-0.15, -0.1) is 0 Å². The number of benzene rings is 2. The molecule has 0 radical (unpaired) electrons. The van der Waals surface area contributed by atoms with Gasteiger partial charge in [0.05, 0.1) is 24.8 Å². The second-order valence-electron chi connectivity index (χ2n) is 6.87. The monoisotopic (exact) mass is 495 g/mol. The lowest BCUT2D eigenvalue weighted by Crippen LogP contribution is -2.15. The maximum Gasteiger partial charge on any atom is 0.263 e. The average Bonchev–Trinajstić information content (AvgIpc) is 2.89. The molecule has 4 rings (SSSR count). The van der Waals surface area contributed by atoms with E-state index in [0.29, 0.717) is 11.5 Å². The van der Waals surface area contributed by atoms with Crippen molar-refractivity contribution in [2.75, 3.05) is 25.0 Å². The highest BCUT2D eigenvalue weighted by molar-refractivity contribution is 7.92. The lowest BCUT2D eigenvalue weighted by molar-refractivity contribution is 0.196. The van der Waals surface area contributed by atoms with Gasteiger partial charge >= 0.3 is 0 Å². The highest BCUT2D eigenvalue weighted by Gasteiger charge is 2.21. The summed E-state index contributed by atoms with van der Waals surface area (Å²) in [6, 6.07) is 16.2. The molecule has 180 valence electrons. The Hall–Kier alpha value is -4.29. The van der Waals surface area contributed by atoms with E-state index in [4.69, 9.17) is 19.3 Å². The lowest BCUT2D eigenvalue weighted by Gasteiger charge is -2.15. The third kappa shape index (κ3) is 5.80. The maximum atomic E-state index is 13.0. The molecule has 0 aliphatic rings. The summed E-state index contributed by atoms with van der Waals surface area (Å²) in [5.41, 5.74) is 0. The molecule has 0 unspecified atom stereocenters. The van der Waals surface area contributed by atoms with Gasteiger partial charge < -0.3 is 19.3 Å². The average molecular weight is 496 g/mol. The Bertz CT molecular complexity index is 1400. The highest BCUT2D eigenvalue weighted by Crippen LogP contribution is 2.35. The minimum absolute atomic E-state index is 0.0255. The summed E-state index contributed by atoms with van der Waals surface area (Å²) in [6.07, 6.45) is 2.74. The molecule has 2 N–H and O–H groups in total. The zero-order valence-corrected chi connectivity index (χ0v) is 19.3. The van der Waals surface area contributed by atoms with Crippen LogP contribution >= 0.6 is 0 Å². The zero-order chi connectivity index (χ0) is 24.7. The smallest absolute Gasteiger partial charge is 0.263 e. The van der Waals surface area contributed by atoms with Crippen molar-refractivity contribution in [3.8, 4) is 34.8 Å². The quantitative estimate of drug-likeness (QED) is 0.337. The summed E-state index contributed by atoms with van der Waals surface area (Å²) in [7, 11) is -2.52. The molecule has 0 bridgehead atoms. The summed E-state index contributed by atoms with van der Waals surface area (Å²) in [5, 5.41) is 8.96. The van der Waals surface area contributed by atoms with Gasteiger partial charge in [0.1, 0.15) is 6.61 Å². The molecule has 4 aromatic rings. The molecule has 0 aliphatic heterocycles. The van der Waals surface area contributed by atoms with Crippen LogP contribution in [0, 0.1) is 0 Å².